The van der Waals surface area contributed by atoms with Crippen molar-refractivity contribution in [1.82, 2.24) is 0 Å². The highest BCUT2D eigenvalue weighted by Gasteiger charge is 2.53. The van der Waals surface area contributed by atoms with Crippen LogP contribution < -0.4 is 0 Å². The Hall–Kier alpha value is -0.790. The molecule has 3 aliphatic rings. The molecule has 2 fully saturated rings. The maximum Gasteiger partial charge on any atom is 0.306 e. The maximum absolute atomic E-state index is 11.3. The van der Waals surface area contributed by atoms with Gasteiger partial charge in [-0.1, -0.05) is 18.6 Å². The summed E-state index contributed by atoms with van der Waals surface area (Å²) in [5.41, 5.74) is 1.50. The van der Waals surface area contributed by atoms with E-state index in [9.17, 15) is 4.79 Å². The molecular weight excluding hydrogens is 188 g/mol. The lowest BCUT2D eigenvalue weighted by atomic mass is 9.77. The molecule has 0 radical (unpaired) electrons. The molecule has 0 spiro atoms. The fraction of sp³-hybridized carbons (Fsp3) is 0.769. The van der Waals surface area contributed by atoms with Crippen LogP contribution in [-0.4, -0.2) is 12.1 Å². The fourth-order valence-corrected chi connectivity index (χ4v) is 3.87. The van der Waals surface area contributed by atoms with Gasteiger partial charge in [0.05, 0.1) is 6.42 Å². The first kappa shape index (κ1) is 9.44. The topological polar surface area (TPSA) is 26.3 Å². The molecule has 1 heterocycles. The summed E-state index contributed by atoms with van der Waals surface area (Å²) >= 11 is 0. The monoisotopic (exact) mass is 206 g/mol. The van der Waals surface area contributed by atoms with Crippen molar-refractivity contribution < 1.29 is 9.53 Å². The van der Waals surface area contributed by atoms with Gasteiger partial charge in [0.2, 0.25) is 0 Å². The zero-order valence-electron chi connectivity index (χ0n) is 9.40. The lowest BCUT2D eigenvalue weighted by Gasteiger charge is -2.27. The fourth-order valence-electron chi connectivity index (χ4n) is 3.87. The average molecular weight is 206 g/mol. The molecule has 0 aromatic carbocycles. The van der Waals surface area contributed by atoms with Gasteiger partial charge < -0.3 is 4.74 Å². The van der Waals surface area contributed by atoms with E-state index in [0.717, 1.165) is 5.92 Å². The Morgan fingerprint density at radius 3 is 3.00 bits per heavy atom. The summed E-state index contributed by atoms with van der Waals surface area (Å²) in [5.74, 6) is 2.44. The molecule has 15 heavy (non-hydrogen) atoms. The highest BCUT2D eigenvalue weighted by molar-refractivity contribution is 5.72. The van der Waals surface area contributed by atoms with Crippen LogP contribution in [0.1, 0.15) is 33.1 Å². The third-order valence-corrected chi connectivity index (χ3v) is 4.62. The largest absolute Gasteiger partial charge is 0.462 e. The van der Waals surface area contributed by atoms with E-state index in [1.165, 1.54) is 18.4 Å². The van der Waals surface area contributed by atoms with Gasteiger partial charge in [-0.15, -0.1) is 0 Å². The molecule has 0 bridgehead atoms. The number of esters is 1. The van der Waals surface area contributed by atoms with E-state index in [-0.39, 0.29) is 12.1 Å². The Morgan fingerprint density at radius 2 is 2.20 bits per heavy atom. The number of rotatable bonds is 0. The van der Waals surface area contributed by atoms with Crippen LogP contribution in [0.5, 0.6) is 0 Å². The third-order valence-electron chi connectivity index (χ3n) is 4.62. The van der Waals surface area contributed by atoms with E-state index in [2.05, 4.69) is 19.9 Å². The van der Waals surface area contributed by atoms with Crippen molar-refractivity contribution >= 4 is 5.97 Å². The van der Waals surface area contributed by atoms with E-state index in [4.69, 9.17) is 4.74 Å². The molecule has 1 saturated carbocycles. The number of hydrogen-bond donors (Lipinski definition) is 0. The van der Waals surface area contributed by atoms with Crippen molar-refractivity contribution in [2.45, 2.75) is 39.2 Å². The first-order valence-electron chi connectivity index (χ1n) is 6.03. The van der Waals surface area contributed by atoms with E-state index in [1.54, 1.807) is 0 Å². The Labute approximate surface area is 90.7 Å². The summed E-state index contributed by atoms with van der Waals surface area (Å²) in [6.45, 7) is 4.47. The number of hydrogen-bond acceptors (Lipinski definition) is 2. The SMILES string of the molecule is CC1=C[C@@H]2[C@H](CC1)[C@@H](C)[C@H]1OC(=O)C[C@@H]21. The summed E-state index contributed by atoms with van der Waals surface area (Å²) in [5, 5.41) is 0. The minimum Gasteiger partial charge on any atom is -0.462 e. The van der Waals surface area contributed by atoms with Gasteiger partial charge in [-0.25, -0.2) is 0 Å². The Morgan fingerprint density at radius 1 is 1.40 bits per heavy atom. The predicted molar refractivity (Wildman–Crippen MR) is 57.1 cm³/mol. The molecular formula is C13H18O2. The second kappa shape index (κ2) is 3.10. The minimum atomic E-state index is 0.0203. The quantitative estimate of drug-likeness (QED) is 0.449. The van der Waals surface area contributed by atoms with Crippen molar-refractivity contribution in [1.29, 1.82) is 0 Å². The molecule has 0 unspecified atom stereocenters. The molecule has 0 aromatic rings. The van der Waals surface area contributed by atoms with Crippen molar-refractivity contribution in [3.63, 3.8) is 0 Å². The summed E-state index contributed by atoms with van der Waals surface area (Å²) in [6, 6.07) is 0. The van der Waals surface area contributed by atoms with Gasteiger partial charge in [0.25, 0.3) is 0 Å². The first-order chi connectivity index (χ1) is 7.16. The van der Waals surface area contributed by atoms with Crippen LogP contribution in [0.15, 0.2) is 11.6 Å². The second-order valence-corrected chi connectivity index (χ2v) is 5.47. The summed E-state index contributed by atoms with van der Waals surface area (Å²) in [4.78, 5) is 11.3. The zero-order valence-corrected chi connectivity index (χ0v) is 9.40. The zero-order chi connectivity index (χ0) is 10.6. The highest BCUT2D eigenvalue weighted by Crippen LogP contribution is 2.52. The highest BCUT2D eigenvalue weighted by atomic mass is 16.6. The van der Waals surface area contributed by atoms with Crippen LogP contribution in [0.3, 0.4) is 0 Å². The molecule has 2 aliphatic carbocycles. The number of allylic oxidation sites excluding steroid dienone is 2. The standard InChI is InChI=1S/C13H18O2/c1-7-3-4-9-8(2)13-11(10(9)5-7)6-12(14)15-13/h5,8-11,13H,3-4,6H2,1-2H3/t8-,9-,10-,11+,13-/m1/s1. The van der Waals surface area contributed by atoms with Crippen LogP contribution >= 0.6 is 0 Å². The molecule has 0 N–H and O–H groups in total. The van der Waals surface area contributed by atoms with E-state index in [0.29, 0.717) is 24.2 Å². The molecule has 5 atom stereocenters. The molecule has 1 saturated heterocycles. The lowest BCUT2D eigenvalue weighted by molar-refractivity contribution is -0.143. The third kappa shape index (κ3) is 1.27. The van der Waals surface area contributed by atoms with Crippen LogP contribution in [0.2, 0.25) is 0 Å². The summed E-state index contributed by atoms with van der Waals surface area (Å²) in [7, 11) is 0. The number of fused-ring (bicyclic) bond motifs is 3. The van der Waals surface area contributed by atoms with E-state index in [1.807, 2.05) is 0 Å². The molecule has 1 aliphatic heterocycles. The normalized spacial score (nSPS) is 48.3. The number of carbonyl (C=O) groups excluding carboxylic acids is 1. The summed E-state index contributed by atoms with van der Waals surface area (Å²) < 4.78 is 5.46. The van der Waals surface area contributed by atoms with Crippen LogP contribution in [0.25, 0.3) is 0 Å². The van der Waals surface area contributed by atoms with Gasteiger partial charge in [0.15, 0.2) is 0 Å². The second-order valence-electron chi connectivity index (χ2n) is 5.47. The van der Waals surface area contributed by atoms with Crippen LogP contribution in [-0.2, 0) is 9.53 Å². The maximum atomic E-state index is 11.3. The van der Waals surface area contributed by atoms with Crippen LogP contribution in [0.4, 0.5) is 0 Å². The molecule has 0 amide bonds. The molecule has 82 valence electrons. The van der Waals surface area contributed by atoms with Crippen molar-refractivity contribution in [3.8, 4) is 0 Å². The van der Waals surface area contributed by atoms with Gasteiger partial charge in [0.1, 0.15) is 6.10 Å². The van der Waals surface area contributed by atoms with Gasteiger partial charge in [-0.05, 0) is 37.5 Å². The smallest absolute Gasteiger partial charge is 0.306 e. The molecule has 0 aromatic heterocycles. The van der Waals surface area contributed by atoms with Crippen molar-refractivity contribution in [3.05, 3.63) is 11.6 Å². The van der Waals surface area contributed by atoms with Crippen LogP contribution in [0, 0.1) is 23.7 Å². The van der Waals surface area contributed by atoms with Crippen molar-refractivity contribution in [2.24, 2.45) is 23.7 Å². The van der Waals surface area contributed by atoms with E-state index >= 15 is 0 Å². The Bertz CT molecular complexity index is 329. The summed E-state index contributed by atoms with van der Waals surface area (Å²) in [6.07, 6.45) is 5.81. The van der Waals surface area contributed by atoms with Crippen molar-refractivity contribution in [2.75, 3.05) is 0 Å². The molecule has 3 rings (SSSR count). The van der Waals surface area contributed by atoms with Gasteiger partial charge in [-0.3, -0.25) is 4.79 Å². The Balaban J connectivity index is 1.93. The number of ether oxygens (including phenoxy) is 1. The van der Waals surface area contributed by atoms with Gasteiger partial charge >= 0.3 is 5.97 Å². The molecule has 2 heteroatoms. The van der Waals surface area contributed by atoms with Gasteiger partial charge in [0, 0.05) is 5.92 Å². The minimum absolute atomic E-state index is 0.0203. The first-order valence-corrected chi connectivity index (χ1v) is 6.03. The molecule has 2 nitrogen and oxygen atoms in total. The predicted octanol–water partition coefficient (Wildman–Crippen LogP) is 2.54. The Kier molecular flexibility index (Phi) is 1.95. The lowest BCUT2D eigenvalue weighted by Crippen LogP contribution is -2.21. The average Bonchev–Trinajstić information content (AvgIpc) is 2.67. The van der Waals surface area contributed by atoms with E-state index < -0.39 is 0 Å². The number of carbonyl (C=O) groups is 1. The van der Waals surface area contributed by atoms with Gasteiger partial charge in [-0.2, -0.15) is 0 Å².